The first-order valence-electron chi connectivity index (χ1n) is 7.04. The molecule has 1 aromatic carbocycles. The van der Waals surface area contributed by atoms with Crippen molar-refractivity contribution in [3.05, 3.63) is 52.1 Å². The molecule has 2 rings (SSSR count). The summed E-state index contributed by atoms with van der Waals surface area (Å²) in [5.41, 5.74) is 1.99. The van der Waals surface area contributed by atoms with Crippen molar-refractivity contribution in [2.24, 2.45) is 0 Å². The first kappa shape index (κ1) is 15.0. The van der Waals surface area contributed by atoms with Crippen LogP contribution in [0.3, 0.4) is 0 Å². The molecule has 0 fully saturated rings. The molecule has 0 amide bonds. The molecule has 0 radical (unpaired) electrons. The summed E-state index contributed by atoms with van der Waals surface area (Å²) in [6, 6.07) is 4.90. The topological polar surface area (TPSA) is 73.0 Å². The van der Waals surface area contributed by atoms with Crippen LogP contribution in [0.2, 0.25) is 0 Å². The number of hydrogen-bond donors (Lipinski definition) is 1. The van der Waals surface area contributed by atoms with Gasteiger partial charge < -0.3 is 9.88 Å². The van der Waals surface area contributed by atoms with Gasteiger partial charge in [-0.25, -0.2) is 4.98 Å². The number of imidazole rings is 1. The Balaban J connectivity index is 1.76. The Morgan fingerprint density at radius 3 is 2.76 bits per heavy atom. The van der Waals surface area contributed by atoms with Crippen LogP contribution < -0.4 is 5.32 Å². The highest BCUT2D eigenvalue weighted by Crippen LogP contribution is 2.21. The molecular weight excluding hydrogens is 268 g/mol. The van der Waals surface area contributed by atoms with Crippen LogP contribution >= 0.6 is 0 Å². The summed E-state index contributed by atoms with van der Waals surface area (Å²) in [5, 5.41) is 14.0. The fourth-order valence-corrected chi connectivity index (χ4v) is 2.23. The Morgan fingerprint density at radius 2 is 2.14 bits per heavy atom. The summed E-state index contributed by atoms with van der Waals surface area (Å²) in [7, 11) is 0. The third-order valence-electron chi connectivity index (χ3n) is 3.49. The van der Waals surface area contributed by atoms with Gasteiger partial charge in [0.25, 0.3) is 5.69 Å². The van der Waals surface area contributed by atoms with Crippen molar-refractivity contribution in [3.8, 4) is 0 Å². The molecule has 0 aliphatic heterocycles. The van der Waals surface area contributed by atoms with Gasteiger partial charge in [0.1, 0.15) is 5.82 Å². The zero-order valence-corrected chi connectivity index (χ0v) is 12.4. The van der Waals surface area contributed by atoms with Gasteiger partial charge in [0.2, 0.25) is 0 Å². The second-order valence-corrected chi connectivity index (χ2v) is 5.06. The summed E-state index contributed by atoms with van der Waals surface area (Å²) < 4.78 is 2.14. The number of aryl methyl sites for hydroxylation is 3. The largest absolute Gasteiger partial charge is 0.385 e. The highest BCUT2D eigenvalue weighted by atomic mass is 16.6. The van der Waals surface area contributed by atoms with Gasteiger partial charge >= 0.3 is 0 Å². The predicted octanol–water partition coefficient (Wildman–Crippen LogP) is 3.30. The summed E-state index contributed by atoms with van der Waals surface area (Å²) in [4.78, 5) is 14.5. The highest BCUT2D eigenvalue weighted by Gasteiger charge is 2.07. The van der Waals surface area contributed by atoms with Gasteiger partial charge in [-0.05, 0) is 38.3 Å². The van der Waals surface area contributed by atoms with Crippen LogP contribution in [0.1, 0.15) is 24.2 Å². The van der Waals surface area contributed by atoms with E-state index in [-0.39, 0.29) is 10.6 Å². The van der Waals surface area contributed by atoms with Crippen LogP contribution in [0.25, 0.3) is 0 Å². The third-order valence-corrected chi connectivity index (χ3v) is 3.49. The highest BCUT2D eigenvalue weighted by molar-refractivity contribution is 5.55. The van der Waals surface area contributed by atoms with Crippen molar-refractivity contribution in [2.45, 2.75) is 33.2 Å². The maximum Gasteiger partial charge on any atom is 0.269 e. The number of anilines is 1. The van der Waals surface area contributed by atoms with Crippen LogP contribution in [0, 0.1) is 24.0 Å². The predicted molar refractivity (Wildman–Crippen MR) is 82.5 cm³/mol. The van der Waals surface area contributed by atoms with Gasteiger partial charge in [-0.3, -0.25) is 10.1 Å². The van der Waals surface area contributed by atoms with E-state index < -0.39 is 0 Å². The van der Waals surface area contributed by atoms with Gasteiger partial charge in [-0.1, -0.05) is 0 Å². The molecule has 1 heterocycles. The average Bonchev–Trinajstić information content (AvgIpc) is 2.85. The Kier molecular flexibility index (Phi) is 4.92. The zero-order chi connectivity index (χ0) is 15.2. The zero-order valence-electron chi connectivity index (χ0n) is 12.4. The lowest BCUT2D eigenvalue weighted by Gasteiger charge is -2.10. The van der Waals surface area contributed by atoms with Crippen molar-refractivity contribution in [2.75, 3.05) is 11.9 Å². The van der Waals surface area contributed by atoms with E-state index in [1.165, 1.54) is 6.07 Å². The molecule has 6 heteroatoms. The lowest BCUT2D eigenvalue weighted by Crippen LogP contribution is -2.06. The van der Waals surface area contributed by atoms with E-state index in [9.17, 15) is 10.1 Å². The van der Waals surface area contributed by atoms with E-state index in [4.69, 9.17) is 0 Å². The van der Waals surface area contributed by atoms with Gasteiger partial charge in [0.05, 0.1) is 4.92 Å². The van der Waals surface area contributed by atoms with E-state index in [0.29, 0.717) is 0 Å². The quantitative estimate of drug-likeness (QED) is 0.482. The second kappa shape index (κ2) is 6.88. The van der Waals surface area contributed by atoms with E-state index >= 15 is 0 Å². The number of nitrogens with zero attached hydrogens (tertiary/aromatic N) is 3. The lowest BCUT2D eigenvalue weighted by molar-refractivity contribution is -0.384. The number of nitro benzene ring substituents is 1. The Bertz CT molecular complexity index is 622. The minimum atomic E-state index is -0.371. The van der Waals surface area contributed by atoms with Crippen molar-refractivity contribution in [3.63, 3.8) is 0 Å². The fourth-order valence-electron chi connectivity index (χ4n) is 2.23. The number of unbranched alkanes of at least 4 members (excludes halogenated alkanes) is 1. The average molecular weight is 288 g/mol. The van der Waals surface area contributed by atoms with Gasteiger partial charge in [0, 0.05) is 43.3 Å². The maximum absolute atomic E-state index is 10.7. The fraction of sp³-hybridized carbons (Fsp3) is 0.400. The maximum atomic E-state index is 10.7. The minimum absolute atomic E-state index is 0.133. The van der Waals surface area contributed by atoms with Crippen molar-refractivity contribution < 1.29 is 4.92 Å². The van der Waals surface area contributed by atoms with Crippen molar-refractivity contribution >= 4 is 11.4 Å². The summed E-state index contributed by atoms with van der Waals surface area (Å²) >= 11 is 0. The molecule has 0 atom stereocenters. The molecule has 21 heavy (non-hydrogen) atoms. The number of rotatable bonds is 7. The van der Waals surface area contributed by atoms with E-state index in [1.807, 2.05) is 26.2 Å². The standard InChI is InChI=1S/C15H20N4O2/c1-12-11-14(19(20)21)5-6-15(12)17-7-3-4-9-18-10-8-16-13(18)2/h5-6,8,10-11,17H,3-4,7,9H2,1-2H3. The van der Waals surface area contributed by atoms with E-state index in [0.717, 1.165) is 43.0 Å². The molecule has 112 valence electrons. The number of hydrogen-bond acceptors (Lipinski definition) is 4. The molecule has 1 N–H and O–H groups in total. The summed E-state index contributed by atoms with van der Waals surface area (Å²) in [5.74, 6) is 1.04. The molecule has 0 saturated carbocycles. The first-order chi connectivity index (χ1) is 10.1. The van der Waals surface area contributed by atoms with Crippen LogP contribution in [0.15, 0.2) is 30.6 Å². The lowest BCUT2D eigenvalue weighted by atomic mass is 10.1. The molecule has 6 nitrogen and oxygen atoms in total. The van der Waals surface area contributed by atoms with Crippen LogP contribution in [-0.2, 0) is 6.54 Å². The normalized spacial score (nSPS) is 10.6. The van der Waals surface area contributed by atoms with Crippen LogP contribution in [0.4, 0.5) is 11.4 Å². The molecule has 0 unspecified atom stereocenters. The van der Waals surface area contributed by atoms with Gasteiger partial charge in [-0.15, -0.1) is 0 Å². The van der Waals surface area contributed by atoms with Crippen molar-refractivity contribution in [1.82, 2.24) is 9.55 Å². The summed E-state index contributed by atoms with van der Waals surface area (Å²) in [6.45, 7) is 5.70. The monoisotopic (exact) mass is 288 g/mol. The molecule has 0 saturated heterocycles. The number of nitro groups is 1. The van der Waals surface area contributed by atoms with E-state index in [2.05, 4.69) is 14.9 Å². The number of aromatic nitrogens is 2. The van der Waals surface area contributed by atoms with E-state index in [1.54, 1.807) is 12.1 Å². The Labute approximate surface area is 124 Å². The summed E-state index contributed by atoms with van der Waals surface area (Å²) in [6.07, 6.45) is 5.90. The Hall–Kier alpha value is -2.37. The third kappa shape index (κ3) is 4.05. The molecule has 0 aliphatic rings. The molecular formula is C15H20N4O2. The smallest absolute Gasteiger partial charge is 0.269 e. The minimum Gasteiger partial charge on any atom is -0.385 e. The molecule has 0 spiro atoms. The van der Waals surface area contributed by atoms with Crippen LogP contribution in [-0.4, -0.2) is 21.0 Å². The van der Waals surface area contributed by atoms with Crippen LogP contribution in [0.5, 0.6) is 0 Å². The number of benzene rings is 1. The number of nitrogens with one attached hydrogen (secondary N) is 1. The molecule has 0 bridgehead atoms. The second-order valence-electron chi connectivity index (χ2n) is 5.06. The number of non-ortho nitro benzene ring substituents is 1. The van der Waals surface area contributed by atoms with Gasteiger partial charge in [0.15, 0.2) is 0 Å². The van der Waals surface area contributed by atoms with Crippen molar-refractivity contribution in [1.29, 1.82) is 0 Å². The van der Waals surface area contributed by atoms with Gasteiger partial charge in [-0.2, -0.15) is 0 Å². The molecule has 2 aromatic rings. The molecule has 0 aliphatic carbocycles. The molecule has 1 aromatic heterocycles. The SMILES string of the molecule is Cc1cc([N+](=O)[O-])ccc1NCCCCn1ccnc1C. The first-order valence-corrected chi connectivity index (χ1v) is 7.04. The Morgan fingerprint density at radius 1 is 1.33 bits per heavy atom.